The SMILES string of the molecule is O=C(O)c1ccc(NC(=O)c2ccc3c(c2)N(S(=O)(=O)c2ccc(OC(F)F)cc2)CC3)cc1. The highest BCUT2D eigenvalue weighted by molar-refractivity contribution is 7.92. The van der Waals surface area contributed by atoms with Crippen molar-refractivity contribution in [1.82, 2.24) is 0 Å². The van der Waals surface area contributed by atoms with Gasteiger partial charge in [-0.3, -0.25) is 9.10 Å². The van der Waals surface area contributed by atoms with Gasteiger partial charge in [0.15, 0.2) is 0 Å². The van der Waals surface area contributed by atoms with Gasteiger partial charge < -0.3 is 15.2 Å². The van der Waals surface area contributed by atoms with Crippen LogP contribution in [0.25, 0.3) is 0 Å². The molecule has 0 spiro atoms. The van der Waals surface area contributed by atoms with E-state index in [9.17, 15) is 26.8 Å². The largest absolute Gasteiger partial charge is 0.478 e. The lowest BCUT2D eigenvalue weighted by molar-refractivity contribution is -0.0498. The molecule has 8 nitrogen and oxygen atoms in total. The summed E-state index contributed by atoms with van der Waals surface area (Å²) in [6.45, 7) is -2.86. The molecule has 0 atom stereocenters. The number of anilines is 2. The third kappa shape index (κ3) is 4.69. The molecular formula is C23H18F2N2O6S. The van der Waals surface area contributed by atoms with E-state index in [1.807, 2.05) is 0 Å². The minimum atomic E-state index is -4.01. The summed E-state index contributed by atoms with van der Waals surface area (Å²) in [4.78, 5) is 23.6. The third-order valence-corrected chi connectivity index (χ3v) is 7.05. The van der Waals surface area contributed by atoms with Crippen molar-refractivity contribution in [3.05, 3.63) is 83.4 Å². The van der Waals surface area contributed by atoms with E-state index in [-0.39, 0.29) is 28.3 Å². The summed E-state index contributed by atoms with van der Waals surface area (Å²) in [7, 11) is -4.01. The van der Waals surface area contributed by atoms with Crippen molar-refractivity contribution in [3.63, 3.8) is 0 Å². The number of hydrogen-bond acceptors (Lipinski definition) is 5. The van der Waals surface area contributed by atoms with Crippen molar-refractivity contribution in [2.24, 2.45) is 0 Å². The second-order valence-corrected chi connectivity index (χ2v) is 9.22. The first-order valence-electron chi connectivity index (χ1n) is 10.0. The van der Waals surface area contributed by atoms with Crippen LogP contribution in [0.3, 0.4) is 0 Å². The number of carboxylic acids is 1. The van der Waals surface area contributed by atoms with E-state index < -0.39 is 28.5 Å². The average molecular weight is 488 g/mol. The number of sulfonamides is 1. The molecular weight excluding hydrogens is 470 g/mol. The lowest BCUT2D eigenvalue weighted by Gasteiger charge is -2.20. The molecule has 0 saturated carbocycles. The number of nitrogens with zero attached hydrogens (tertiary/aromatic N) is 1. The van der Waals surface area contributed by atoms with E-state index in [0.29, 0.717) is 17.8 Å². The maximum atomic E-state index is 13.2. The van der Waals surface area contributed by atoms with Gasteiger partial charge in [-0.2, -0.15) is 8.78 Å². The standard InChI is InChI=1S/C23H18F2N2O6S/c24-23(25)33-18-7-9-19(10-8-18)34(31,32)27-12-11-14-1-2-16(13-20(14)27)21(28)26-17-5-3-15(4-6-17)22(29)30/h1-10,13,23H,11-12H2,(H,26,28)(H,29,30). The molecule has 1 heterocycles. The Morgan fingerprint density at radius 3 is 2.24 bits per heavy atom. The number of benzene rings is 3. The van der Waals surface area contributed by atoms with E-state index in [2.05, 4.69) is 10.1 Å². The fraction of sp³-hybridized carbons (Fsp3) is 0.130. The predicted molar refractivity (Wildman–Crippen MR) is 119 cm³/mol. The van der Waals surface area contributed by atoms with Gasteiger partial charge in [0.2, 0.25) is 0 Å². The van der Waals surface area contributed by atoms with Gasteiger partial charge in [-0.15, -0.1) is 0 Å². The van der Waals surface area contributed by atoms with Gasteiger partial charge in [0.05, 0.1) is 16.1 Å². The van der Waals surface area contributed by atoms with Crippen molar-refractivity contribution < 1.29 is 36.6 Å². The number of carbonyl (C=O) groups excluding carboxylic acids is 1. The van der Waals surface area contributed by atoms with Crippen LogP contribution in [0.5, 0.6) is 5.75 Å². The minimum Gasteiger partial charge on any atom is -0.478 e. The maximum Gasteiger partial charge on any atom is 0.387 e. The second-order valence-electron chi connectivity index (χ2n) is 7.36. The number of ether oxygens (including phenoxy) is 1. The number of rotatable bonds is 7. The molecule has 0 unspecified atom stereocenters. The number of hydrogen-bond donors (Lipinski definition) is 2. The molecule has 0 saturated heterocycles. The van der Waals surface area contributed by atoms with Crippen LogP contribution in [0.1, 0.15) is 26.3 Å². The molecule has 1 aliphatic heterocycles. The zero-order chi connectivity index (χ0) is 24.5. The molecule has 4 rings (SSSR count). The quantitative estimate of drug-likeness (QED) is 0.520. The molecule has 0 radical (unpaired) electrons. The summed E-state index contributed by atoms with van der Waals surface area (Å²) in [6.07, 6.45) is 0.444. The highest BCUT2D eigenvalue weighted by Crippen LogP contribution is 2.34. The Labute approximate surface area is 193 Å². The topological polar surface area (TPSA) is 113 Å². The Balaban J connectivity index is 1.56. The van der Waals surface area contributed by atoms with Crippen molar-refractivity contribution in [3.8, 4) is 5.75 Å². The zero-order valence-electron chi connectivity index (χ0n) is 17.4. The summed E-state index contributed by atoms with van der Waals surface area (Å²) in [5.74, 6) is -1.75. The Bertz CT molecular complexity index is 1340. The summed E-state index contributed by atoms with van der Waals surface area (Å²) < 4.78 is 56.5. The molecule has 1 aliphatic rings. The van der Waals surface area contributed by atoms with Crippen molar-refractivity contribution >= 4 is 33.3 Å². The average Bonchev–Trinajstić information content (AvgIpc) is 3.23. The third-order valence-electron chi connectivity index (χ3n) is 5.23. The molecule has 3 aromatic carbocycles. The second kappa shape index (κ2) is 9.10. The number of carboxylic acid groups (broad SMARTS) is 1. The van der Waals surface area contributed by atoms with Crippen molar-refractivity contribution in [1.29, 1.82) is 0 Å². The van der Waals surface area contributed by atoms with Gasteiger partial charge in [0.1, 0.15) is 5.75 Å². The summed E-state index contributed by atoms with van der Waals surface area (Å²) >= 11 is 0. The fourth-order valence-electron chi connectivity index (χ4n) is 3.56. The van der Waals surface area contributed by atoms with Gasteiger partial charge in [-0.25, -0.2) is 13.2 Å². The first-order chi connectivity index (χ1) is 16.1. The van der Waals surface area contributed by atoms with Gasteiger partial charge >= 0.3 is 12.6 Å². The van der Waals surface area contributed by atoms with Crippen LogP contribution in [0.4, 0.5) is 20.2 Å². The summed E-state index contributed by atoms with van der Waals surface area (Å²) in [6, 6.07) is 15.0. The van der Waals surface area contributed by atoms with Crippen LogP contribution in [-0.2, 0) is 16.4 Å². The van der Waals surface area contributed by atoms with E-state index in [0.717, 1.165) is 17.7 Å². The van der Waals surface area contributed by atoms with E-state index in [1.165, 1.54) is 46.8 Å². The predicted octanol–water partition coefficient (Wildman–Crippen LogP) is 3.99. The van der Waals surface area contributed by atoms with Crippen LogP contribution in [0.15, 0.2) is 71.6 Å². The van der Waals surface area contributed by atoms with Gasteiger partial charge in [0, 0.05) is 17.8 Å². The van der Waals surface area contributed by atoms with Crippen molar-refractivity contribution in [2.75, 3.05) is 16.2 Å². The summed E-state index contributed by atoms with van der Waals surface area (Å²) in [5.41, 5.74) is 1.76. The molecule has 0 aromatic heterocycles. The highest BCUT2D eigenvalue weighted by atomic mass is 32.2. The normalized spacial score (nSPS) is 13.0. The smallest absolute Gasteiger partial charge is 0.387 e. The number of alkyl halides is 2. The summed E-state index contributed by atoms with van der Waals surface area (Å²) in [5, 5.41) is 11.6. The fourth-order valence-corrected chi connectivity index (χ4v) is 5.06. The first kappa shape index (κ1) is 23.2. The van der Waals surface area contributed by atoms with Gasteiger partial charge in [0.25, 0.3) is 15.9 Å². The molecule has 1 amide bonds. The van der Waals surface area contributed by atoms with Crippen LogP contribution < -0.4 is 14.4 Å². The number of amides is 1. The molecule has 3 aromatic rings. The van der Waals surface area contributed by atoms with Crippen LogP contribution in [-0.4, -0.2) is 38.6 Å². The number of carbonyl (C=O) groups is 2. The Hall–Kier alpha value is -3.99. The number of nitrogens with one attached hydrogen (secondary N) is 1. The minimum absolute atomic E-state index is 0.0742. The number of fused-ring (bicyclic) bond motifs is 1. The molecule has 0 bridgehead atoms. The molecule has 176 valence electrons. The number of halogens is 2. The van der Waals surface area contributed by atoms with Gasteiger partial charge in [-0.05, 0) is 72.6 Å². The molecule has 34 heavy (non-hydrogen) atoms. The first-order valence-corrected chi connectivity index (χ1v) is 11.4. The molecule has 2 N–H and O–H groups in total. The maximum absolute atomic E-state index is 13.2. The molecule has 0 aliphatic carbocycles. The lowest BCUT2D eigenvalue weighted by Crippen LogP contribution is -2.29. The monoisotopic (exact) mass is 488 g/mol. The van der Waals surface area contributed by atoms with E-state index in [4.69, 9.17) is 5.11 Å². The van der Waals surface area contributed by atoms with E-state index in [1.54, 1.807) is 12.1 Å². The van der Waals surface area contributed by atoms with E-state index >= 15 is 0 Å². The Kier molecular flexibility index (Phi) is 6.20. The highest BCUT2D eigenvalue weighted by Gasteiger charge is 2.31. The molecule has 0 fully saturated rings. The zero-order valence-corrected chi connectivity index (χ0v) is 18.3. The van der Waals surface area contributed by atoms with Gasteiger partial charge in [-0.1, -0.05) is 6.07 Å². The Morgan fingerprint density at radius 1 is 0.971 bits per heavy atom. The van der Waals surface area contributed by atoms with Crippen LogP contribution in [0.2, 0.25) is 0 Å². The van der Waals surface area contributed by atoms with Crippen LogP contribution in [0, 0.1) is 0 Å². The van der Waals surface area contributed by atoms with Crippen LogP contribution >= 0.6 is 0 Å². The molecule has 11 heteroatoms. The lowest BCUT2D eigenvalue weighted by atomic mass is 10.1. The van der Waals surface area contributed by atoms with Crippen molar-refractivity contribution in [2.45, 2.75) is 17.9 Å². The Morgan fingerprint density at radius 2 is 1.62 bits per heavy atom. The number of aromatic carboxylic acids is 1.